The van der Waals surface area contributed by atoms with Gasteiger partial charge in [-0.05, 0) is 63.2 Å². The second kappa shape index (κ2) is 8.09. The van der Waals surface area contributed by atoms with Crippen LogP contribution in [0.15, 0.2) is 60.7 Å². The zero-order valence-electron chi connectivity index (χ0n) is 16.8. The molecular weight excluding hydrogens is 380 g/mol. The maximum atomic E-state index is 12.8. The molecule has 0 radical (unpaired) electrons. The first-order valence-corrected chi connectivity index (χ1v) is 10.6. The first-order chi connectivity index (χ1) is 14.1. The van der Waals surface area contributed by atoms with Crippen LogP contribution < -0.4 is 10.2 Å². The van der Waals surface area contributed by atoms with Gasteiger partial charge in [-0.2, -0.15) is 5.10 Å². The zero-order valence-corrected chi connectivity index (χ0v) is 17.7. The highest BCUT2D eigenvalue weighted by Gasteiger charge is 2.17. The van der Waals surface area contributed by atoms with Gasteiger partial charge in [0.25, 0.3) is 5.91 Å². The van der Waals surface area contributed by atoms with Crippen LogP contribution in [0.3, 0.4) is 0 Å². The second-order valence-electron chi connectivity index (χ2n) is 6.84. The lowest BCUT2D eigenvalue weighted by Crippen LogP contribution is -2.21. The average Bonchev–Trinajstić information content (AvgIpc) is 3.32. The van der Waals surface area contributed by atoms with E-state index in [1.54, 1.807) is 0 Å². The maximum Gasteiger partial charge on any atom is 0.265 e. The van der Waals surface area contributed by atoms with Gasteiger partial charge in [-0.3, -0.25) is 4.79 Å². The molecule has 0 fully saturated rings. The van der Waals surface area contributed by atoms with Crippen LogP contribution in [0, 0.1) is 6.92 Å². The molecule has 2 aromatic carbocycles. The van der Waals surface area contributed by atoms with Crippen LogP contribution in [0.2, 0.25) is 0 Å². The third kappa shape index (κ3) is 3.76. The number of aryl methyl sites for hydroxylation is 1. The second-order valence-corrected chi connectivity index (χ2v) is 7.87. The fraction of sp³-hybridized carbons (Fsp3) is 0.217. The molecule has 0 aliphatic carbocycles. The number of carbonyl (C=O) groups is 1. The standard InChI is InChI=1S/C23H24N4OS/c1-4-26(5-2)18-13-11-17(12-14-18)24-22(28)21-15-20-16(3)25-27(23(20)29-21)19-9-7-6-8-10-19/h6-15H,4-5H2,1-3H3,(H,24,28). The Morgan fingerprint density at radius 3 is 2.41 bits per heavy atom. The van der Waals surface area contributed by atoms with E-state index in [-0.39, 0.29) is 5.91 Å². The molecule has 0 bridgehead atoms. The molecule has 0 unspecified atom stereocenters. The zero-order chi connectivity index (χ0) is 20.4. The molecule has 0 aliphatic rings. The molecule has 0 aliphatic heterocycles. The van der Waals surface area contributed by atoms with Gasteiger partial charge in [0.05, 0.1) is 16.3 Å². The number of para-hydroxylation sites is 1. The van der Waals surface area contributed by atoms with E-state index in [2.05, 4.69) is 29.2 Å². The van der Waals surface area contributed by atoms with Crippen molar-refractivity contribution in [2.45, 2.75) is 20.8 Å². The number of hydrogen-bond donors (Lipinski definition) is 1. The summed E-state index contributed by atoms with van der Waals surface area (Å²) < 4.78 is 1.91. The lowest BCUT2D eigenvalue weighted by atomic mass is 10.2. The number of nitrogens with one attached hydrogen (secondary N) is 1. The number of rotatable bonds is 6. The van der Waals surface area contributed by atoms with Crippen molar-refractivity contribution in [3.8, 4) is 5.69 Å². The van der Waals surface area contributed by atoms with Crippen molar-refractivity contribution in [1.82, 2.24) is 9.78 Å². The Morgan fingerprint density at radius 1 is 1.07 bits per heavy atom. The van der Waals surface area contributed by atoms with Crippen LogP contribution in [-0.4, -0.2) is 28.8 Å². The van der Waals surface area contributed by atoms with Gasteiger partial charge in [-0.1, -0.05) is 18.2 Å². The number of nitrogens with zero attached hydrogens (tertiary/aromatic N) is 3. The number of carbonyl (C=O) groups excluding carboxylic acids is 1. The number of aromatic nitrogens is 2. The fourth-order valence-corrected chi connectivity index (χ4v) is 4.52. The summed E-state index contributed by atoms with van der Waals surface area (Å²) in [5.74, 6) is -0.0965. The lowest BCUT2D eigenvalue weighted by molar-refractivity contribution is 0.103. The molecule has 0 spiro atoms. The van der Waals surface area contributed by atoms with Crippen molar-refractivity contribution >= 4 is 38.8 Å². The van der Waals surface area contributed by atoms with Crippen molar-refractivity contribution in [3.63, 3.8) is 0 Å². The van der Waals surface area contributed by atoms with E-state index in [1.165, 1.54) is 11.3 Å². The van der Waals surface area contributed by atoms with E-state index >= 15 is 0 Å². The smallest absolute Gasteiger partial charge is 0.265 e. The Hall–Kier alpha value is -3.12. The largest absolute Gasteiger partial charge is 0.372 e. The van der Waals surface area contributed by atoms with Crippen LogP contribution in [0.4, 0.5) is 11.4 Å². The fourth-order valence-electron chi connectivity index (χ4n) is 3.44. The highest BCUT2D eigenvalue weighted by molar-refractivity contribution is 7.20. The Balaban J connectivity index is 1.58. The quantitative estimate of drug-likeness (QED) is 0.462. The molecule has 148 valence electrons. The Bertz CT molecular complexity index is 1130. The summed E-state index contributed by atoms with van der Waals surface area (Å²) in [6.07, 6.45) is 0. The summed E-state index contributed by atoms with van der Waals surface area (Å²) in [4.78, 5) is 16.8. The molecule has 2 aromatic heterocycles. The molecule has 4 rings (SSSR count). The summed E-state index contributed by atoms with van der Waals surface area (Å²) in [6.45, 7) is 8.17. The number of amides is 1. The van der Waals surface area contributed by atoms with Gasteiger partial charge < -0.3 is 10.2 Å². The predicted octanol–water partition coefficient (Wildman–Crippen LogP) is 5.49. The summed E-state index contributed by atoms with van der Waals surface area (Å²) in [7, 11) is 0. The average molecular weight is 405 g/mol. The molecular formula is C23H24N4OS. The van der Waals surface area contributed by atoms with E-state index in [4.69, 9.17) is 0 Å². The van der Waals surface area contributed by atoms with Gasteiger partial charge >= 0.3 is 0 Å². The minimum absolute atomic E-state index is 0.0965. The lowest BCUT2D eigenvalue weighted by Gasteiger charge is -2.21. The SMILES string of the molecule is CCN(CC)c1ccc(NC(=O)c2cc3c(C)nn(-c4ccccc4)c3s2)cc1. The van der Waals surface area contributed by atoms with Crippen molar-refractivity contribution in [2.75, 3.05) is 23.3 Å². The first kappa shape index (κ1) is 19.2. The van der Waals surface area contributed by atoms with Crippen molar-refractivity contribution in [3.05, 3.63) is 71.2 Å². The molecule has 6 heteroatoms. The normalized spacial score (nSPS) is 11.0. The summed E-state index contributed by atoms with van der Waals surface area (Å²) in [5, 5.41) is 8.67. The Morgan fingerprint density at radius 2 is 1.76 bits per heavy atom. The molecule has 5 nitrogen and oxygen atoms in total. The van der Waals surface area contributed by atoms with E-state index in [1.807, 2.05) is 72.3 Å². The molecule has 4 aromatic rings. The van der Waals surface area contributed by atoms with E-state index in [9.17, 15) is 4.79 Å². The Kier molecular flexibility index (Phi) is 5.36. The highest BCUT2D eigenvalue weighted by Crippen LogP contribution is 2.31. The van der Waals surface area contributed by atoms with Crippen LogP contribution in [0.25, 0.3) is 15.9 Å². The minimum Gasteiger partial charge on any atom is -0.372 e. The molecule has 1 amide bonds. The minimum atomic E-state index is -0.0965. The van der Waals surface area contributed by atoms with Gasteiger partial charge in [0.1, 0.15) is 4.83 Å². The van der Waals surface area contributed by atoms with Crippen molar-refractivity contribution in [2.24, 2.45) is 0 Å². The number of anilines is 2. The number of benzene rings is 2. The number of fused-ring (bicyclic) bond motifs is 1. The van der Waals surface area contributed by atoms with Gasteiger partial charge in [0.2, 0.25) is 0 Å². The predicted molar refractivity (Wildman–Crippen MR) is 122 cm³/mol. The molecule has 0 atom stereocenters. The summed E-state index contributed by atoms with van der Waals surface area (Å²) in [5.41, 5.74) is 3.87. The molecule has 29 heavy (non-hydrogen) atoms. The summed E-state index contributed by atoms with van der Waals surface area (Å²) in [6, 6.07) is 19.9. The van der Waals surface area contributed by atoms with Crippen LogP contribution in [0.5, 0.6) is 0 Å². The third-order valence-corrected chi connectivity index (χ3v) is 6.13. The monoisotopic (exact) mass is 404 g/mol. The molecule has 2 heterocycles. The van der Waals surface area contributed by atoms with E-state index in [0.717, 1.165) is 46.1 Å². The molecule has 0 saturated carbocycles. The van der Waals surface area contributed by atoms with Gasteiger partial charge in [0, 0.05) is 29.9 Å². The maximum absolute atomic E-state index is 12.8. The summed E-state index contributed by atoms with van der Waals surface area (Å²) >= 11 is 1.46. The third-order valence-electron chi connectivity index (χ3n) is 5.02. The molecule has 1 N–H and O–H groups in total. The van der Waals surface area contributed by atoms with E-state index < -0.39 is 0 Å². The van der Waals surface area contributed by atoms with E-state index in [0.29, 0.717) is 4.88 Å². The first-order valence-electron chi connectivity index (χ1n) is 9.81. The van der Waals surface area contributed by atoms with Crippen LogP contribution >= 0.6 is 11.3 Å². The van der Waals surface area contributed by atoms with Gasteiger partial charge in [-0.25, -0.2) is 4.68 Å². The van der Waals surface area contributed by atoms with Crippen molar-refractivity contribution in [1.29, 1.82) is 0 Å². The Labute approximate surface area is 174 Å². The number of thiophene rings is 1. The van der Waals surface area contributed by atoms with Crippen LogP contribution in [-0.2, 0) is 0 Å². The molecule has 0 saturated heterocycles. The van der Waals surface area contributed by atoms with Crippen molar-refractivity contribution < 1.29 is 4.79 Å². The van der Waals surface area contributed by atoms with Crippen LogP contribution in [0.1, 0.15) is 29.2 Å². The highest BCUT2D eigenvalue weighted by atomic mass is 32.1. The van der Waals surface area contributed by atoms with Gasteiger partial charge in [0.15, 0.2) is 0 Å². The topological polar surface area (TPSA) is 50.2 Å². The van der Waals surface area contributed by atoms with Gasteiger partial charge in [-0.15, -0.1) is 11.3 Å². The number of hydrogen-bond acceptors (Lipinski definition) is 4.